The maximum atomic E-state index is 12.7. The molecule has 0 radical (unpaired) electrons. The summed E-state index contributed by atoms with van der Waals surface area (Å²) in [5.41, 5.74) is 6.70. The van der Waals surface area contributed by atoms with Gasteiger partial charge < -0.3 is 10.3 Å². The Bertz CT molecular complexity index is 478. The summed E-state index contributed by atoms with van der Waals surface area (Å²) in [6.45, 7) is 2.91. The first-order valence-corrected chi connectivity index (χ1v) is 5.57. The van der Waals surface area contributed by atoms with Crippen LogP contribution >= 0.6 is 0 Å². The number of halogens is 1. The topological polar surface area (TPSA) is 56.7 Å². The number of hydrogen-bond donors (Lipinski definition) is 1. The van der Waals surface area contributed by atoms with Crippen LogP contribution in [0.2, 0.25) is 0 Å². The van der Waals surface area contributed by atoms with Crippen molar-refractivity contribution in [1.29, 1.82) is 0 Å². The number of aromatic nitrogens is 3. The molecule has 0 aromatic carbocycles. The highest BCUT2D eigenvalue weighted by molar-refractivity contribution is 5.11. The van der Waals surface area contributed by atoms with E-state index in [2.05, 4.69) is 9.97 Å². The van der Waals surface area contributed by atoms with Gasteiger partial charge in [-0.2, -0.15) is 0 Å². The molecule has 2 aromatic heterocycles. The zero-order chi connectivity index (χ0) is 12.3. The van der Waals surface area contributed by atoms with E-state index in [1.54, 1.807) is 12.3 Å². The summed E-state index contributed by atoms with van der Waals surface area (Å²) in [7, 11) is 0. The maximum absolute atomic E-state index is 12.7. The second-order valence-corrected chi connectivity index (χ2v) is 3.84. The third-order valence-corrected chi connectivity index (χ3v) is 2.68. The maximum Gasteiger partial charge on any atom is 0.141 e. The summed E-state index contributed by atoms with van der Waals surface area (Å²) in [6, 6.07) is 2.72. The number of aryl methyl sites for hydroxylation is 1. The second kappa shape index (κ2) is 5.05. The summed E-state index contributed by atoms with van der Waals surface area (Å²) >= 11 is 0. The van der Waals surface area contributed by atoms with Crippen LogP contribution in [-0.4, -0.2) is 14.5 Å². The molecule has 1 unspecified atom stereocenters. The summed E-state index contributed by atoms with van der Waals surface area (Å²) < 4.78 is 14.8. The lowest BCUT2D eigenvalue weighted by atomic mass is 10.1. The predicted molar refractivity (Wildman–Crippen MR) is 62.7 cm³/mol. The highest BCUT2D eigenvalue weighted by Gasteiger charge is 2.11. The molecule has 0 aliphatic heterocycles. The van der Waals surface area contributed by atoms with E-state index in [-0.39, 0.29) is 11.9 Å². The van der Waals surface area contributed by atoms with Crippen LogP contribution in [0.15, 0.2) is 30.7 Å². The van der Waals surface area contributed by atoms with E-state index < -0.39 is 0 Å². The Morgan fingerprint density at radius 3 is 2.88 bits per heavy atom. The summed E-state index contributed by atoms with van der Waals surface area (Å²) in [5.74, 6) is 0.571. The van der Waals surface area contributed by atoms with Crippen LogP contribution in [0.5, 0.6) is 0 Å². The van der Waals surface area contributed by atoms with E-state index in [1.807, 2.05) is 17.7 Å². The third kappa shape index (κ3) is 2.68. The molecule has 2 N–H and O–H groups in total. The van der Waals surface area contributed by atoms with Gasteiger partial charge in [0.25, 0.3) is 0 Å². The van der Waals surface area contributed by atoms with E-state index in [9.17, 15) is 4.39 Å². The van der Waals surface area contributed by atoms with Crippen molar-refractivity contribution in [2.75, 3.05) is 0 Å². The van der Waals surface area contributed by atoms with Gasteiger partial charge in [-0.05, 0) is 19.1 Å². The normalized spacial score (nSPS) is 12.6. The van der Waals surface area contributed by atoms with Gasteiger partial charge >= 0.3 is 0 Å². The molecule has 0 bridgehead atoms. The Hall–Kier alpha value is -1.75. The van der Waals surface area contributed by atoms with Crippen LogP contribution in [0.25, 0.3) is 0 Å². The fraction of sp³-hybridized carbons (Fsp3) is 0.333. The molecule has 90 valence electrons. The lowest BCUT2D eigenvalue weighted by Crippen LogP contribution is -2.17. The number of nitrogens with zero attached hydrogens (tertiary/aromatic N) is 3. The molecule has 0 amide bonds. The van der Waals surface area contributed by atoms with E-state index in [4.69, 9.17) is 5.73 Å². The van der Waals surface area contributed by atoms with Crippen molar-refractivity contribution < 1.29 is 4.39 Å². The number of hydrogen-bond acceptors (Lipinski definition) is 3. The Morgan fingerprint density at radius 1 is 1.41 bits per heavy atom. The van der Waals surface area contributed by atoms with Crippen LogP contribution in [0, 0.1) is 5.82 Å². The van der Waals surface area contributed by atoms with Crippen molar-refractivity contribution in [3.05, 3.63) is 48.1 Å². The minimum Gasteiger partial charge on any atom is -0.335 e. The highest BCUT2D eigenvalue weighted by Crippen LogP contribution is 2.13. The van der Waals surface area contributed by atoms with Crippen LogP contribution in [0.3, 0.4) is 0 Å². The number of imidazole rings is 1. The zero-order valence-electron chi connectivity index (χ0n) is 9.68. The van der Waals surface area contributed by atoms with Crippen molar-refractivity contribution >= 4 is 0 Å². The first-order chi connectivity index (χ1) is 8.20. The summed E-state index contributed by atoms with van der Waals surface area (Å²) in [4.78, 5) is 8.23. The summed E-state index contributed by atoms with van der Waals surface area (Å²) in [5, 5.41) is 0. The van der Waals surface area contributed by atoms with Crippen molar-refractivity contribution in [3.63, 3.8) is 0 Å². The standard InChI is InChI=1S/C12H15FN4/c1-2-17-6-5-15-12(17)7-10(14)11-4-3-9(13)8-16-11/h3-6,8,10H,2,7,14H2,1H3. The van der Waals surface area contributed by atoms with Gasteiger partial charge in [0.2, 0.25) is 0 Å². The minimum absolute atomic E-state index is 0.261. The molecule has 0 spiro atoms. The van der Waals surface area contributed by atoms with Gasteiger partial charge in [0.1, 0.15) is 11.6 Å². The number of pyridine rings is 1. The number of rotatable bonds is 4. The molecular formula is C12H15FN4. The quantitative estimate of drug-likeness (QED) is 0.875. The fourth-order valence-electron chi connectivity index (χ4n) is 1.73. The SMILES string of the molecule is CCn1ccnc1CC(N)c1ccc(F)cn1. The molecular weight excluding hydrogens is 219 g/mol. The smallest absolute Gasteiger partial charge is 0.141 e. The monoisotopic (exact) mass is 234 g/mol. The largest absolute Gasteiger partial charge is 0.335 e. The van der Waals surface area contributed by atoms with Crippen LogP contribution in [-0.2, 0) is 13.0 Å². The molecule has 5 heteroatoms. The molecule has 0 aliphatic rings. The predicted octanol–water partition coefficient (Wildman–Crippen LogP) is 1.68. The van der Waals surface area contributed by atoms with E-state index in [1.165, 1.54) is 12.3 Å². The van der Waals surface area contributed by atoms with Gasteiger partial charge in [-0.1, -0.05) is 0 Å². The lowest BCUT2D eigenvalue weighted by molar-refractivity contribution is 0.598. The minimum atomic E-state index is -0.351. The molecule has 2 aromatic rings. The zero-order valence-corrected chi connectivity index (χ0v) is 9.68. The van der Waals surface area contributed by atoms with Crippen LogP contribution < -0.4 is 5.73 Å². The molecule has 0 fully saturated rings. The average molecular weight is 234 g/mol. The van der Waals surface area contributed by atoms with Gasteiger partial charge in [-0.3, -0.25) is 4.98 Å². The fourth-order valence-corrected chi connectivity index (χ4v) is 1.73. The van der Waals surface area contributed by atoms with Gasteiger partial charge in [-0.15, -0.1) is 0 Å². The molecule has 4 nitrogen and oxygen atoms in total. The van der Waals surface area contributed by atoms with Crippen molar-refractivity contribution in [3.8, 4) is 0 Å². The second-order valence-electron chi connectivity index (χ2n) is 3.84. The Morgan fingerprint density at radius 2 is 2.24 bits per heavy atom. The Labute approximate surface area is 99.3 Å². The highest BCUT2D eigenvalue weighted by atomic mass is 19.1. The molecule has 0 saturated carbocycles. The molecule has 1 atom stereocenters. The molecule has 0 saturated heterocycles. The van der Waals surface area contributed by atoms with Gasteiger partial charge in [0.15, 0.2) is 0 Å². The molecule has 17 heavy (non-hydrogen) atoms. The van der Waals surface area contributed by atoms with Gasteiger partial charge in [-0.25, -0.2) is 9.37 Å². The van der Waals surface area contributed by atoms with Crippen molar-refractivity contribution in [2.24, 2.45) is 5.73 Å². The number of nitrogens with two attached hydrogens (primary N) is 1. The molecule has 0 aliphatic carbocycles. The first-order valence-electron chi connectivity index (χ1n) is 5.57. The van der Waals surface area contributed by atoms with E-state index in [0.717, 1.165) is 12.4 Å². The third-order valence-electron chi connectivity index (χ3n) is 2.68. The Balaban J connectivity index is 2.11. The van der Waals surface area contributed by atoms with Crippen molar-refractivity contribution in [2.45, 2.75) is 25.9 Å². The van der Waals surface area contributed by atoms with E-state index in [0.29, 0.717) is 12.1 Å². The lowest BCUT2D eigenvalue weighted by Gasteiger charge is -2.11. The van der Waals surface area contributed by atoms with Gasteiger partial charge in [0.05, 0.1) is 17.9 Å². The average Bonchev–Trinajstić information content (AvgIpc) is 2.77. The Kier molecular flexibility index (Phi) is 3.49. The first kappa shape index (κ1) is 11.7. The van der Waals surface area contributed by atoms with Crippen LogP contribution in [0.1, 0.15) is 24.5 Å². The molecule has 2 heterocycles. The van der Waals surface area contributed by atoms with Crippen molar-refractivity contribution in [1.82, 2.24) is 14.5 Å². The van der Waals surface area contributed by atoms with Crippen LogP contribution in [0.4, 0.5) is 4.39 Å². The summed E-state index contributed by atoms with van der Waals surface area (Å²) in [6.07, 6.45) is 5.45. The molecule has 2 rings (SSSR count). The van der Waals surface area contributed by atoms with Gasteiger partial charge in [0, 0.05) is 25.4 Å². The van der Waals surface area contributed by atoms with E-state index >= 15 is 0 Å².